The fraction of sp³-hybridized carbons (Fsp3) is 0.833. The Morgan fingerprint density at radius 2 is 2.10 bits per heavy atom. The second kappa shape index (κ2) is 4.00. The Morgan fingerprint density at radius 3 is 2.20 bits per heavy atom. The minimum atomic E-state index is -0.943. The first-order valence-corrected chi connectivity index (χ1v) is 3.62. The summed E-state index contributed by atoms with van der Waals surface area (Å²) < 4.78 is 0. The number of carbonyl (C=O) groups is 1. The molecule has 0 heterocycles. The van der Waals surface area contributed by atoms with Gasteiger partial charge in [0.05, 0.1) is 0 Å². The van der Waals surface area contributed by atoms with Crippen molar-refractivity contribution < 1.29 is 39.5 Å². The van der Waals surface area contributed by atoms with Crippen molar-refractivity contribution in [3.8, 4) is 0 Å². The third kappa shape index (κ3) is 2.82. The second-order valence-corrected chi connectivity index (χ2v) is 3.02. The predicted octanol–water partition coefficient (Wildman–Crippen LogP) is -3.16. The molecule has 52 valence electrons. The zero-order chi connectivity index (χ0) is 6.91. The van der Waals surface area contributed by atoms with E-state index in [0.29, 0.717) is 5.75 Å². The maximum absolute atomic E-state index is 10.1. The number of carbonyl (C=O) groups excluding carboxylic acids is 1. The number of hydrogen-bond acceptors (Lipinski definition) is 3. The van der Waals surface area contributed by atoms with Crippen LogP contribution in [0.3, 0.4) is 0 Å². The Morgan fingerprint density at radius 1 is 1.60 bits per heavy atom. The third-order valence-corrected chi connectivity index (χ3v) is 2.48. The van der Waals surface area contributed by atoms with Gasteiger partial charge >= 0.3 is 29.6 Å². The molecule has 0 aromatic heterocycles. The molecule has 1 aliphatic rings. The number of hydrogen-bond donors (Lipinski definition) is 1. The largest absolute Gasteiger partial charge is 1.00 e. The summed E-state index contributed by atoms with van der Waals surface area (Å²) in [6.45, 7) is 0. The molecule has 0 radical (unpaired) electrons. The van der Waals surface area contributed by atoms with E-state index in [0.717, 1.165) is 12.8 Å². The molecule has 0 aliphatic heterocycles. The average molecular weight is 168 g/mol. The van der Waals surface area contributed by atoms with Gasteiger partial charge in [0.2, 0.25) is 0 Å². The Kier molecular flexibility index (Phi) is 4.33. The molecule has 0 aromatic rings. The first-order valence-electron chi connectivity index (χ1n) is 2.99. The van der Waals surface area contributed by atoms with Gasteiger partial charge in [-0.05, 0) is 30.4 Å². The van der Waals surface area contributed by atoms with Crippen LogP contribution in [0.15, 0.2) is 0 Å². The van der Waals surface area contributed by atoms with Crippen LogP contribution in [-0.4, -0.2) is 11.7 Å². The van der Waals surface area contributed by atoms with Crippen molar-refractivity contribution in [1.29, 1.82) is 0 Å². The van der Waals surface area contributed by atoms with Crippen molar-refractivity contribution in [2.75, 3.05) is 5.75 Å². The Balaban J connectivity index is 0.000000810. The Bertz CT molecular complexity index is 134. The minimum Gasteiger partial charge on any atom is -0.550 e. The van der Waals surface area contributed by atoms with Crippen molar-refractivity contribution in [1.82, 2.24) is 0 Å². The normalized spacial score (nSPS) is 19.3. The minimum absolute atomic E-state index is 0. The van der Waals surface area contributed by atoms with Crippen LogP contribution in [0.2, 0.25) is 0 Å². The Hall–Kier alpha value is 0.820. The van der Waals surface area contributed by atoms with E-state index in [1.54, 1.807) is 0 Å². The predicted molar refractivity (Wildman–Crippen MR) is 35.1 cm³/mol. The zero-order valence-electron chi connectivity index (χ0n) is 6.09. The molecular formula is C6H9NaO2S. The van der Waals surface area contributed by atoms with Crippen LogP contribution in [0.1, 0.15) is 19.3 Å². The molecule has 0 atom stereocenters. The zero-order valence-corrected chi connectivity index (χ0v) is 8.99. The van der Waals surface area contributed by atoms with Gasteiger partial charge in [0.1, 0.15) is 0 Å². The van der Waals surface area contributed by atoms with Crippen molar-refractivity contribution in [3.63, 3.8) is 0 Å². The van der Waals surface area contributed by atoms with Crippen LogP contribution in [0.4, 0.5) is 0 Å². The van der Waals surface area contributed by atoms with Crippen molar-refractivity contribution >= 4 is 18.6 Å². The SMILES string of the molecule is O=C([O-])CC1(CS)CC1.[Na+]. The molecule has 0 spiro atoms. The van der Waals surface area contributed by atoms with E-state index < -0.39 is 5.97 Å². The maximum Gasteiger partial charge on any atom is 1.00 e. The van der Waals surface area contributed by atoms with E-state index >= 15 is 0 Å². The smallest absolute Gasteiger partial charge is 0.550 e. The van der Waals surface area contributed by atoms with Crippen LogP contribution in [0, 0.1) is 5.41 Å². The summed E-state index contributed by atoms with van der Waals surface area (Å²) in [5.41, 5.74) is 0.0158. The fourth-order valence-corrected chi connectivity index (χ4v) is 1.30. The van der Waals surface area contributed by atoms with Crippen LogP contribution in [0.5, 0.6) is 0 Å². The summed E-state index contributed by atoms with van der Waals surface area (Å²) in [7, 11) is 0. The molecule has 4 heteroatoms. The van der Waals surface area contributed by atoms with E-state index in [-0.39, 0.29) is 41.4 Å². The van der Waals surface area contributed by atoms with Crippen LogP contribution in [0.25, 0.3) is 0 Å². The van der Waals surface area contributed by atoms with E-state index in [1.165, 1.54) is 0 Å². The number of aliphatic carboxylic acids is 1. The van der Waals surface area contributed by atoms with E-state index in [1.807, 2.05) is 0 Å². The van der Waals surface area contributed by atoms with Gasteiger partial charge in [-0.3, -0.25) is 0 Å². The standard InChI is InChI=1S/C6H10O2S.Na/c7-5(8)3-6(4-9)1-2-6;/h9H,1-4H2,(H,7,8);/q;+1/p-1. The van der Waals surface area contributed by atoms with Gasteiger partial charge in [-0.2, -0.15) is 12.6 Å². The van der Waals surface area contributed by atoms with Crippen LogP contribution in [-0.2, 0) is 4.79 Å². The van der Waals surface area contributed by atoms with E-state index in [4.69, 9.17) is 0 Å². The molecule has 0 bridgehead atoms. The van der Waals surface area contributed by atoms with Gasteiger partial charge in [0.15, 0.2) is 0 Å². The first kappa shape index (κ1) is 10.8. The first-order chi connectivity index (χ1) is 4.18. The van der Waals surface area contributed by atoms with Crippen molar-refractivity contribution in [3.05, 3.63) is 0 Å². The number of carboxylic acids is 1. The van der Waals surface area contributed by atoms with E-state index in [2.05, 4.69) is 12.6 Å². The van der Waals surface area contributed by atoms with Gasteiger partial charge in [0, 0.05) is 5.97 Å². The molecule has 0 saturated heterocycles. The summed E-state index contributed by atoms with van der Waals surface area (Å²) >= 11 is 4.05. The van der Waals surface area contributed by atoms with Crippen molar-refractivity contribution in [2.24, 2.45) is 5.41 Å². The molecule has 0 amide bonds. The second-order valence-electron chi connectivity index (χ2n) is 2.71. The number of carboxylic acid groups (broad SMARTS) is 1. The summed E-state index contributed by atoms with van der Waals surface area (Å²) in [6.07, 6.45) is 2.20. The molecule has 2 nitrogen and oxygen atoms in total. The fourth-order valence-electron chi connectivity index (χ4n) is 0.874. The number of rotatable bonds is 3. The van der Waals surface area contributed by atoms with Crippen molar-refractivity contribution in [2.45, 2.75) is 19.3 Å². The van der Waals surface area contributed by atoms with Gasteiger partial charge in [0.25, 0.3) is 0 Å². The van der Waals surface area contributed by atoms with E-state index in [9.17, 15) is 9.90 Å². The summed E-state index contributed by atoms with van der Waals surface area (Å²) in [4.78, 5) is 10.1. The summed E-state index contributed by atoms with van der Waals surface area (Å²) in [6, 6.07) is 0. The Labute approximate surface area is 88.1 Å². The monoisotopic (exact) mass is 168 g/mol. The molecule has 1 aliphatic carbocycles. The summed E-state index contributed by atoms with van der Waals surface area (Å²) in [5.74, 6) is -0.261. The maximum atomic E-state index is 10.1. The molecule has 0 N–H and O–H groups in total. The molecule has 1 saturated carbocycles. The quantitative estimate of drug-likeness (QED) is 0.357. The molecule has 1 fully saturated rings. The molecule has 0 aromatic carbocycles. The number of thiol groups is 1. The molecular weight excluding hydrogens is 159 g/mol. The third-order valence-electron chi connectivity index (χ3n) is 1.81. The summed E-state index contributed by atoms with van der Waals surface area (Å²) in [5, 5.41) is 10.1. The van der Waals surface area contributed by atoms with Crippen LogP contribution >= 0.6 is 12.6 Å². The van der Waals surface area contributed by atoms with Gasteiger partial charge in [-0.1, -0.05) is 0 Å². The molecule has 0 unspecified atom stereocenters. The van der Waals surface area contributed by atoms with Gasteiger partial charge < -0.3 is 9.90 Å². The van der Waals surface area contributed by atoms with Gasteiger partial charge in [-0.25, -0.2) is 0 Å². The molecule has 1 rings (SSSR count). The average Bonchev–Trinajstić information content (AvgIpc) is 2.48. The molecule has 10 heavy (non-hydrogen) atoms. The van der Waals surface area contributed by atoms with Gasteiger partial charge in [-0.15, -0.1) is 0 Å². The van der Waals surface area contributed by atoms with Crippen LogP contribution < -0.4 is 34.7 Å². The topological polar surface area (TPSA) is 40.1 Å².